The quantitative estimate of drug-likeness (QED) is 0.719. The van der Waals surface area contributed by atoms with Gasteiger partial charge >= 0.3 is 0 Å². The summed E-state index contributed by atoms with van der Waals surface area (Å²) in [6.07, 6.45) is 1.11. The molecule has 1 aliphatic rings. The van der Waals surface area contributed by atoms with Gasteiger partial charge in [0.1, 0.15) is 5.75 Å². The molecule has 1 heterocycles. The van der Waals surface area contributed by atoms with E-state index in [4.69, 9.17) is 16.3 Å². The molecule has 0 saturated carbocycles. The van der Waals surface area contributed by atoms with Crippen molar-refractivity contribution in [3.8, 4) is 5.75 Å². The van der Waals surface area contributed by atoms with E-state index in [9.17, 15) is 13.2 Å². The minimum atomic E-state index is -3.40. The third-order valence-corrected chi connectivity index (χ3v) is 6.56. The maximum Gasteiger partial charge on any atom is 0.255 e. The molecule has 0 aliphatic carbocycles. The minimum Gasteiger partial charge on any atom is -0.495 e. The van der Waals surface area contributed by atoms with Crippen LogP contribution in [0.25, 0.3) is 0 Å². The summed E-state index contributed by atoms with van der Waals surface area (Å²) in [5.41, 5.74) is 1.78. The molecule has 0 unspecified atom stereocenters. The molecule has 0 N–H and O–H groups in total. The van der Waals surface area contributed by atoms with E-state index in [0.29, 0.717) is 37.4 Å². The van der Waals surface area contributed by atoms with Crippen LogP contribution in [0.4, 0.5) is 11.4 Å². The Labute approximate surface area is 176 Å². The number of sulfonamides is 1. The van der Waals surface area contributed by atoms with Crippen LogP contribution >= 0.6 is 11.6 Å². The van der Waals surface area contributed by atoms with Crippen molar-refractivity contribution >= 4 is 38.9 Å². The minimum absolute atomic E-state index is 0.164. The number of benzene rings is 2. The van der Waals surface area contributed by atoms with Gasteiger partial charge in [0.15, 0.2) is 0 Å². The Hall–Kier alpha value is -2.45. The molecule has 1 aliphatic heterocycles. The van der Waals surface area contributed by atoms with Crippen LogP contribution in [0.2, 0.25) is 5.02 Å². The van der Waals surface area contributed by atoms with E-state index >= 15 is 0 Å². The summed E-state index contributed by atoms with van der Waals surface area (Å²) in [5.74, 6) is 0.643. The molecule has 1 saturated heterocycles. The van der Waals surface area contributed by atoms with Crippen molar-refractivity contribution in [3.63, 3.8) is 0 Å². The summed E-state index contributed by atoms with van der Waals surface area (Å²) >= 11 is 6.31. The molecule has 2 aromatic carbocycles. The van der Waals surface area contributed by atoms with Crippen molar-refractivity contribution in [1.29, 1.82) is 0 Å². The predicted octanol–water partition coefficient (Wildman–Crippen LogP) is 2.71. The SMILES string of the molecule is COc1ccccc1N1CCN(C(=O)c2ccc(N(C)S(C)(=O)=O)cc2Cl)CC1. The first-order valence-corrected chi connectivity index (χ1v) is 11.4. The Bertz CT molecular complexity index is 1000. The number of carbonyl (C=O) groups excluding carboxylic acids is 1. The van der Waals surface area contributed by atoms with Crippen molar-refractivity contribution in [2.24, 2.45) is 0 Å². The second kappa shape index (κ2) is 8.51. The maximum absolute atomic E-state index is 12.9. The van der Waals surface area contributed by atoms with Gasteiger partial charge < -0.3 is 14.5 Å². The number of rotatable bonds is 5. The number of amides is 1. The molecule has 29 heavy (non-hydrogen) atoms. The van der Waals surface area contributed by atoms with Crippen LogP contribution < -0.4 is 13.9 Å². The van der Waals surface area contributed by atoms with Gasteiger partial charge in [-0.05, 0) is 30.3 Å². The molecule has 156 valence electrons. The van der Waals surface area contributed by atoms with Crippen molar-refractivity contribution in [3.05, 3.63) is 53.1 Å². The lowest BCUT2D eigenvalue weighted by Gasteiger charge is -2.36. The Morgan fingerprint density at radius 2 is 1.76 bits per heavy atom. The lowest BCUT2D eigenvalue weighted by atomic mass is 10.1. The highest BCUT2D eigenvalue weighted by Gasteiger charge is 2.25. The summed E-state index contributed by atoms with van der Waals surface area (Å²) in [6.45, 7) is 2.47. The van der Waals surface area contributed by atoms with Gasteiger partial charge in [-0.15, -0.1) is 0 Å². The molecule has 2 aromatic rings. The summed E-state index contributed by atoms with van der Waals surface area (Å²) in [7, 11) is -0.313. The predicted molar refractivity (Wildman–Crippen MR) is 116 cm³/mol. The summed E-state index contributed by atoms with van der Waals surface area (Å²) in [6, 6.07) is 12.5. The van der Waals surface area contributed by atoms with Crippen LogP contribution in [0.5, 0.6) is 5.75 Å². The van der Waals surface area contributed by atoms with Crippen LogP contribution in [-0.4, -0.2) is 65.8 Å². The van der Waals surface area contributed by atoms with E-state index in [0.717, 1.165) is 22.0 Å². The van der Waals surface area contributed by atoms with Crippen LogP contribution in [-0.2, 0) is 10.0 Å². The molecular formula is C20H24ClN3O4S. The number of halogens is 1. The van der Waals surface area contributed by atoms with Gasteiger partial charge in [-0.25, -0.2) is 8.42 Å². The summed E-state index contributed by atoms with van der Waals surface area (Å²) in [4.78, 5) is 16.9. The first-order chi connectivity index (χ1) is 13.7. The van der Waals surface area contributed by atoms with Crippen LogP contribution in [0.1, 0.15) is 10.4 Å². The number of methoxy groups -OCH3 is 1. The molecule has 0 spiro atoms. The summed E-state index contributed by atoms with van der Waals surface area (Å²) < 4.78 is 29.9. The zero-order valence-electron chi connectivity index (χ0n) is 16.6. The molecule has 7 nitrogen and oxygen atoms in total. The third-order valence-electron chi connectivity index (χ3n) is 5.04. The van der Waals surface area contributed by atoms with Crippen molar-refractivity contribution < 1.29 is 17.9 Å². The smallest absolute Gasteiger partial charge is 0.255 e. The highest BCUT2D eigenvalue weighted by molar-refractivity contribution is 7.92. The number of piperazine rings is 1. The van der Waals surface area contributed by atoms with Crippen molar-refractivity contribution in [1.82, 2.24) is 4.90 Å². The van der Waals surface area contributed by atoms with Gasteiger partial charge in [-0.1, -0.05) is 23.7 Å². The Morgan fingerprint density at radius 1 is 1.10 bits per heavy atom. The number of hydrogen-bond donors (Lipinski definition) is 0. The van der Waals surface area contributed by atoms with Crippen molar-refractivity contribution in [2.45, 2.75) is 0 Å². The molecule has 0 aromatic heterocycles. The number of para-hydroxylation sites is 2. The van der Waals surface area contributed by atoms with E-state index in [-0.39, 0.29) is 10.9 Å². The van der Waals surface area contributed by atoms with E-state index in [1.54, 1.807) is 24.1 Å². The van der Waals surface area contributed by atoms with Gasteiger partial charge in [0.05, 0.1) is 35.3 Å². The number of nitrogens with zero attached hydrogens (tertiary/aromatic N) is 3. The fourth-order valence-electron chi connectivity index (χ4n) is 3.28. The lowest BCUT2D eigenvalue weighted by molar-refractivity contribution is 0.0747. The van der Waals surface area contributed by atoms with Crippen LogP contribution in [0, 0.1) is 0 Å². The topological polar surface area (TPSA) is 70.2 Å². The van der Waals surface area contributed by atoms with E-state index in [2.05, 4.69) is 4.90 Å². The lowest BCUT2D eigenvalue weighted by Crippen LogP contribution is -2.49. The Kier molecular flexibility index (Phi) is 6.24. The molecule has 0 atom stereocenters. The monoisotopic (exact) mass is 437 g/mol. The maximum atomic E-state index is 12.9. The molecule has 0 bridgehead atoms. The summed E-state index contributed by atoms with van der Waals surface area (Å²) in [5, 5.41) is 0.232. The zero-order valence-corrected chi connectivity index (χ0v) is 18.2. The van der Waals surface area contributed by atoms with Gasteiger partial charge in [0.2, 0.25) is 10.0 Å². The second-order valence-electron chi connectivity index (χ2n) is 6.85. The number of ether oxygens (including phenoxy) is 1. The standard InChI is InChI=1S/C20H24ClN3O4S/c1-22(29(3,26)27)15-8-9-16(17(21)14-15)20(25)24-12-10-23(11-13-24)18-6-4-5-7-19(18)28-2/h4-9,14H,10-13H2,1-3H3. The highest BCUT2D eigenvalue weighted by atomic mass is 35.5. The van der Waals surface area contributed by atoms with Gasteiger partial charge in [0.25, 0.3) is 5.91 Å². The van der Waals surface area contributed by atoms with Crippen LogP contribution in [0.3, 0.4) is 0 Å². The number of anilines is 2. The van der Waals surface area contributed by atoms with E-state index < -0.39 is 10.0 Å². The first-order valence-electron chi connectivity index (χ1n) is 9.13. The van der Waals surface area contributed by atoms with E-state index in [1.807, 2.05) is 24.3 Å². The molecule has 1 amide bonds. The molecular weight excluding hydrogens is 414 g/mol. The van der Waals surface area contributed by atoms with Gasteiger partial charge in [-0.2, -0.15) is 0 Å². The largest absolute Gasteiger partial charge is 0.495 e. The highest BCUT2D eigenvalue weighted by Crippen LogP contribution is 2.29. The zero-order chi connectivity index (χ0) is 21.2. The molecule has 3 rings (SSSR count). The second-order valence-corrected chi connectivity index (χ2v) is 9.27. The van der Waals surface area contributed by atoms with E-state index in [1.165, 1.54) is 13.1 Å². The fourth-order valence-corrected chi connectivity index (χ4v) is 4.03. The number of hydrogen-bond acceptors (Lipinski definition) is 5. The Balaban J connectivity index is 1.71. The fraction of sp³-hybridized carbons (Fsp3) is 0.350. The van der Waals surface area contributed by atoms with Crippen LogP contribution in [0.15, 0.2) is 42.5 Å². The van der Waals surface area contributed by atoms with Gasteiger partial charge in [-0.3, -0.25) is 9.10 Å². The normalized spacial score (nSPS) is 14.6. The average molecular weight is 438 g/mol. The van der Waals surface area contributed by atoms with Gasteiger partial charge in [0, 0.05) is 33.2 Å². The molecule has 9 heteroatoms. The third kappa shape index (κ3) is 4.59. The van der Waals surface area contributed by atoms with Crippen molar-refractivity contribution in [2.75, 3.05) is 55.8 Å². The Morgan fingerprint density at radius 3 is 2.34 bits per heavy atom. The first kappa shape index (κ1) is 21.3. The number of carbonyl (C=O) groups is 1. The molecule has 1 fully saturated rings. The average Bonchev–Trinajstić information content (AvgIpc) is 2.72. The molecule has 0 radical (unpaired) electrons.